The predicted molar refractivity (Wildman–Crippen MR) is 70.2 cm³/mol. The van der Waals surface area contributed by atoms with Crippen molar-refractivity contribution in [1.29, 1.82) is 0 Å². The van der Waals surface area contributed by atoms with Crippen LogP contribution in [-0.2, 0) is 0 Å². The third kappa shape index (κ3) is 2.71. The number of aromatic nitrogens is 2. The van der Waals surface area contributed by atoms with Crippen LogP contribution in [0, 0.1) is 0 Å². The molecule has 1 aliphatic heterocycles. The van der Waals surface area contributed by atoms with Crippen molar-refractivity contribution in [1.82, 2.24) is 9.97 Å². The molecule has 2 heterocycles. The largest absolute Gasteiger partial charge is 0.368 e. The van der Waals surface area contributed by atoms with Crippen molar-refractivity contribution in [2.45, 2.75) is 18.6 Å². The lowest BCUT2D eigenvalue weighted by Gasteiger charge is -2.32. The lowest BCUT2D eigenvalue weighted by molar-refractivity contribution is 0.719. The second-order valence-electron chi connectivity index (χ2n) is 3.75. The van der Waals surface area contributed by atoms with Crippen molar-refractivity contribution in [2.24, 2.45) is 0 Å². The Labute approximate surface area is 105 Å². The lowest BCUT2D eigenvalue weighted by Crippen LogP contribution is -2.38. The van der Waals surface area contributed by atoms with Gasteiger partial charge in [0, 0.05) is 30.2 Å². The van der Waals surface area contributed by atoms with Gasteiger partial charge >= 0.3 is 0 Å². The first-order valence-corrected chi connectivity index (χ1v) is 6.78. The number of halogens is 1. The Bertz CT molecular complexity index is 354. The Morgan fingerprint density at radius 3 is 3.12 bits per heavy atom. The molecule has 2 N–H and O–H groups in total. The van der Waals surface area contributed by atoms with Gasteiger partial charge in [0.2, 0.25) is 5.95 Å². The molecule has 16 heavy (non-hydrogen) atoms. The minimum absolute atomic E-state index is 0.244. The molecule has 1 aromatic rings. The monoisotopic (exact) mass is 258 g/mol. The fourth-order valence-electron chi connectivity index (χ4n) is 1.76. The molecule has 0 aromatic carbocycles. The van der Waals surface area contributed by atoms with Gasteiger partial charge in [-0.25, -0.2) is 4.98 Å². The van der Waals surface area contributed by atoms with E-state index in [1.807, 2.05) is 11.8 Å². The Kier molecular flexibility index (Phi) is 3.76. The molecule has 0 saturated carbocycles. The summed E-state index contributed by atoms with van der Waals surface area (Å²) >= 11 is 7.90. The van der Waals surface area contributed by atoms with Crippen LogP contribution in [0.25, 0.3) is 0 Å². The van der Waals surface area contributed by atoms with Crippen LogP contribution in [0.2, 0.25) is 5.15 Å². The van der Waals surface area contributed by atoms with E-state index in [-0.39, 0.29) is 5.95 Å². The zero-order valence-corrected chi connectivity index (χ0v) is 10.8. The van der Waals surface area contributed by atoms with Crippen molar-refractivity contribution in [3.05, 3.63) is 11.2 Å². The van der Waals surface area contributed by atoms with Gasteiger partial charge in [-0.15, -0.1) is 0 Å². The van der Waals surface area contributed by atoms with Crippen molar-refractivity contribution in [3.8, 4) is 0 Å². The molecule has 4 nitrogen and oxygen atoms in total. The maximum absolute atomic E-state index is 5.88. The SMILES string of the molecule is CCC1CN(c2cc(Cl)nc(N)n2)CCS1. The van der Waals surface area contributed by atoms with Gasteiger partial charge in [0.25, 0.3) is 0 Å². The summed E-state index contributed by atoms with van der Waals surface area (Å²) in [5.74, 6) is 2.21. The first-order valence-electron chi connectivity index (χ1n) is 5.35. The van der Waals surface area contributed by atoms with Crippen LogP contribution >= 0.6 is 23.4 Å². The fourth-order valence-corrected chi connectivity index (χ4v) is 3.12. The van der Waals surface area contributed by atoms with Gasteiger partial charge < -0.3 is 10.6 Å². The molecule has 0 radical (unpaired) electrons. The highest BCUT2D eigenvalue weighted by Crippen LogP contribution is 2.25. The zero-order chi connectivity index (χ0) is 11.5. The van der Waals surface area contributed by atoms with E-state index in [1.54, 1.807) is 6.07 Å². The van der Waals surface area contributed by atoms with Gasteiger partial charge in [-0.1, -0.05) is 18.5 Å². The highest BCUT2D eigenvalue weighted by molar-refractivity contribution is 8.00. The van der Waals surface area contributed by atoms with Crippen LogP contribution in [0.1, 0.15) is 13.3 Å². The Hall–Kier alpha value is -0.680. The average molecular weight is 259 g/mol. The summed E-state index contributed by atoms with van der Waals surface area (Å²) < 4.78 is 0. The van der Waals surface area contributed by atoms with Gasteiger partial charge in [-0.05, 0) is 6.42 Å². The van der Waals surface area contributed by atoms with Gasteiger partial charge in [-0.2, -0.15) is 16.7 Å². The molecule has 1 aliphatic rings. The standard InChI is InChI=1S/C10H15ClN4S/c1-2-7-6-15(3-4-16-7)9-5-8(11)13-10(12)14-9/h5,7H,2-4,6H2,1H3,(H2,12,13,14). The summed E-state index contributed by atoms with van der Waals surface area (Å²) in [7, 11) is 0. The van der Waals surface area contributed by atoms with Gasteiger partial charge in [0.05, 0.1) is 0 Å². The normalized spacial score (nSPS) is 21.1. The topological polar surface area (TPSA) is 55.0 Å². The summed E-state index contributed by atoms with van der Waals surface area (Å²) in [6.07, 6.45) is 1.18. The number of thioether (sulfide) groups is 1. The molecule has 1 unspecified atom stereocenters. The Morgan fingerprint density at radius 1 is 1.62 bits per heavy atom. The third-order valence-corrected chi connectivity index (χ3v) is 4.18. The number of nitrogen functional groups attached to an aromatic ring is 1. The van der Waals surface area contributed by atoms with Crippen LogP contribution in [0.4, 0.5) is 11.8 Å². The summed E-state index contributed by atoms with van der Waals surface area (Å²) in [5.41, 5.74) is 5.59. The lowest BCUT2D eigenvalue weighted by atomic mass is 10.3. The van der Waals surface area contributed by atoms with Crippen LogP contribution in [-0.4, -0.2) is 34.1 Å². The number of anilines is 2. The number of nitrogens with two attached hydrogens (primary N) is 1. The molecular formula is C10H15ClN4S. The molecule has 1 atom stereocenters. The van der Waals surface area contributed by atoms with E-state index in [9.17, 15) is 0 Å². The first-order chi connectivity index (χ1) is 7.69. The summed E-state index contributed by atoms with van der Waals surface area (Å²) in [4.78, 5) is 10.3. The Balaban J connectivity index is 2.16. The quantitative estimate of drug-likeness (QED) is 0.823. The highest BCUT2D eigenvalue weighted by Gasteiger charge is 2.20. The number of hydrogen-bond acceptors (Lipinski definition) is 5. The maximum atomic E-state index is 5.88. The van der Waals surface area contributed by atoms with E-state index in [2.05, 4.69) is 21.8 Å². The van der Waals surface area contributed by atoms with Crippen LogP contribution < -0.4 is 10.6 Å². The summed E-state index contributed by atoms with van der Waals surface area (Å²) in [5, 5.41) is 1.08. The van der Waals surface area contributed by atoms with Crippen molar-refractivity contribution < 1.29 is 0 Å². The second kappa shape index (κ2) is 5.10. The number of rotatable bonds is 2. The molecule has 88 valence electrons. The maximum Gasteiger partial charge on any atom is 0.223 e. The van der Waals surface area contributed by atoms with E-state index in [0.717, 1.165) is 24.7 Å². The molecule has 1 saturated heterocycles. The van der Waals surface area contributed by atoms with E-state index >= 15 is 0 Å². The molecule has 0 aliphatic carbocycles. The van der Waals surface area contributed by atoms with Crippen molar-refractivity contribution in [3.63, 3.8) is 0 Å². The smallest absolute Gasteiger partial charge is 0.223 e. The molecular weight excluding hydrogens is 244 g/mol. The average Bonchev–Trinajstić information content (AvgIpc) is 2.28. The van der Waals surface area contributed by atoms with Gasteiger partial charge in [0.1, 0.15) is 11.0 Å². The second-order valence-corrected chi connectivity index (χ2v) is 5.55. The minimum atomic E-state index is 0.244. The molecule has 0 bridgehead atoms. The summed E-state index contributed by atoms with van der Waals surface area (Å²) in [6, 6.07) is 1.78. The minimum Gasteiger partial charge on any atom is -0.368 e. The van der Waals surface area contributed by atoms with Crippen molar-refractivity contribution in [2.75, 3.05) is 29.5 Å². The summed E-state index contributed by atoms with van der Waals surface area (Å²) in [6.45, 7) is 4.21. The van der Waals surface area contributed by atoms with E-state index in [0.29, 0.717) is 10.4 Å². The predicted octanol–water partition coefficient (Wildman–Crippen LogP) is 2.04. The molecule has 2 rings (SSSR count). The van der Waals surface area contributed by atoms with E-state index < -0.39 is 0 Å². The molecule has 1 aromatic heterocycles. The molecule has 6 heteroatoms. The number of hydrogen-bond donors (Lipinski definition) is 1. The number of nitrogens with zero attached hydrogens (tertiary/aromatic N) is 3. The van der Waals surface area contributed by atoms with Crippen molar-refractivity contribution >= 4 is 35.1 Å². The van der Waals surface area contributed by atoms with Crippen LogP contribution in [0.5, 0.6) is 0 Å². The van der Waals surface area contributed by atoms with Crippen LogP contribution in [0.3, 0.4) is 0 Å². The van der Waals surface area contributed by atoms with E-state index in [1.165, 1.54) is 6.42 Å². The van der Waals surface area contributed by atoms with Gasteiger partial charge in [0.15, 0.2) is 0 Å². The van der Waals surface area contributed by atoms with E-state index in [4.69, 9.17) is 17.3 Å². The molecule has 0 amide bonds. The van der Waals surface area contributed by atoms with Crippen LogP contribution in [0.15, 0.2) is 6.07 Å². The highest BCUT2D eigenvalue weighted by atomic mass is 35.5. The Morgan fingerprint density at radius 2 is 2.44 bits per heavy atom. The first kappa shape index (κ1) is 11.8. The fraction of sp³-hybridized carbons (Fsp3) is 0.600. The zero-order valence-electron chi connectivity index (χ0n) is 9.19. The third-order valence-electron chi connectivity index (χ3n) is 2.62. The van der Waals surface area contributed by atoms with Gasteiger partial charge in [-0.3, -0.25) is 0 Å². The molecule has 0 spiro atoms. The molecule has 1 fully saturated rings.